The van der Waals surface area contributed by atoms with Crippen LogP contribution in [0.3, 0.4) is 0 Å². The lowest BCUT2D eigenvalue weighted by molar-refractivity contribution is 0.101. The molecular formula is C19H21N5O3. The van der Waals surface area contributed by atoms with Crippen LogP contribution in [0.1, 0.15) is 34.5 Å². The molecule has 8 nitrogen and oxygen atoms in total. The van der Waals surface area contributed by atoms with Crippen LogP contribution in [0, 0.1) is 13.8 Å². The summed E-state index contributed by atoms with van der Waals surface area (Å²) in [7, 11) is 0. The van der Waals surface area contributed by atoms with Crippen LogP contribution < -0.4 is 9.47 Å². The number of aromatic nitrogens is 5. The van der Waals surface area contributed by atoms with E-state index in [4.69, 9.17) is 9.47 Å². The van der Waals surface area contributed by atoms with Crippen LogP contribution in [0.4, 0.5) is 0 Å². The molecule has 4 rings (SSSR count). The third-order valence-electron chi connectivity index (χ3n) is 4.67. The summed E-state index contributed by atoms with van der Waals surface area (Å²) in [5, 5.41) is 8.84. The zero-order valence-electron chi connectivity index (χ0n) is 15.6. The molecule has 0 fully saturated rings. The van der Waals surface area contributed by atoms with Crippen molar-refractivity contribution >= 4 is 5.78 Å². The molecule has 0 saturated carbocycles. The van der Waals surface area contributed by atoms with Gasteiger partial charge in [-0.3, -0.25) is 9.48 Å². The van der Waals surface area contributed by atoms with Crippen LogP contribution in [-0.2, 0) is 13.0 Å². The van der Waals surface area contributed by atoms with E-state index in [9.17, 15) is 4.79 Å². The Bertz CT molecular complexity index is 1000. The number of carbonyl (C=O) groups excluding carboxylic acids is 1. The number of nitrogens with zero attached hydrogens (tertiary/aromatic N) is 5. The smallest absolute Gasteiger partial charge is 0.163 e. The molecule has 140 valence electrons. The van der Waals surface area contributed by atoms with Gasteiger partial charge < -0.3 is 9.47 Å². The van der Waals surface area contributed by atoms with Crippen LogP contribution >= 0.6 is 0 Å². The third-order valence-corrected chi connectivity index (χ3v) is 4.67. The van der Waals surface area contributed by atoms with E-state index in [0.29, 0.717) is 37.5 Å². The van der Waals surface area contributed by atoms with Crippen molar-refractivity contribution in [3.05, 3.63) is 47.3 Å². The van der Waals surface area contributed by atoms with Gasteiger partial charge in [-0.05, 0) is 32.9 Å². The first-order chi connectivity index (χ1) is 13.0. The summed E-state index contributed by atoms with van der Waals surface area (Å²) in [4.78, 5) is 16.2. The lowest BCUT2D eigenvalue weighted by atomic mass is 10.1. The van der Waals surface area contributed by atoms with Crippen molar-refractivity contribution in [3.8, 4) is 17.2 Å². The highest BCUT2D eigenvalue weighted by atomic mass is 16.6. The second-order valence-corrected chi connectivity index (χ2v) is 6.49. The van der Waals surface area contributed by atoms with Crippen molar-refractivity contribution in [2.24, 2.45) is 0 Å². The van der Waals surface area contributed by atoms with E-state index in [1.807, 2.05) is 36.7 Å². The lowest BCUT2D eigenvalue weighted by Crippen LogP contribution is -2.16. The van der Waals surface area contributed by atoms with Crippen LogP contribution in [0.15, 0.2) is 24.5 Å². The molecule has 0 atom stereocenters. The monoisotopic (exact) mass is 367 g/mol. The molecule has 0 aliphatic carbocycles. The maximum Gasteiger partial charge on any atom is 0.163 e. The van der Waals surface area contributed by atoms with Crippen LogP contribution in [0.2, 0.25) is 0 Å². The van der Waals surface area contributed by atoms with E-state index in [1.54, 1.807) is 11.6 Å². The molecule has 0 radical (unpaired) electrons. The standard InChI is InChI=1S/C19H21N5O3/c1-12-19(14(3)25)13(2)23(22-12)7-6-18-20-11-21-24(18)15-4-5-16-17(10-15)27-9-8-26-16/h4-5,10-11H,6-9H2,1-3H3. The van der Waals surface area contributed by atoms with Crippen LogP contribution in [0.5, 0.6) is 11.5 Å². The minimum Gasteiger partial charge on any atom is -0.486 e. The number of rotatable bonds is 5. The lowest BCUT2D eigenvalue weighted by Gasteiger charge is -2.19. The van der Waals surface area contributed by atoms with Crippen molar-refractivity contribution in [2.75, 3.05) is 13.2 Å². The number of benzene rings is 1. The summed E-state index contributed by atoms with van der Waals surface area (Å²) in [5.41, 5.74) is 3.20. The summed E-state index contributed by atoms with van der Waals surface area (Å²) >= 11 is 0. The number of carbonyl (C=O) groups is 1. The predicted octanol–water partition coefficient (Wildman–Crippen LogP) is 2.30. The van der Waals surface area contributed by atoms with Gasteiger partial charge in [0.2, 0.25) is 0 Å². The van der Waals surface area contributed by atoms with Crippen molar-refractivity contribution in [3.63, 3.8) is 0 Å². The molecule has 1 aliphatic heterocycles. The highest BCUT2D eigenvalue weighted by Gasteiger charge is 2.17. The zero-order chi connectivity index (χ0) is 19.0. The highest BCUT2D eigenvalue weighted by molar-refractivity contribution is 5.96. The molecule has 2 aromatic heterocycles. The van der Waals surface area contributed by atoms with Gasteiger partial charge in [0, 0.05) is 24.7 Å². The van der Waals surface area contributed by atoms with Crippen molar-refractivity contribution in [2.45, 2.75) is 33.7 Å². The van der Waals surface area contributed by atoms with E-state index in [1.165, 1.54) is 6.33 Å². The minimum atomic E-state index is 0.0377. The SMILES string of the molecule is CC(=O)c1c(C)nn(CCc2ncnn2-c2ccc3c(c2)OCCO3)c1C. The Morgan fingerprint density at radius 1 is 1.19 bits per heavy atom. The van der Waals surface area contributed by atoms with Gasteiger partial charge in [-0.1, -0.05) is 0 Å². The zero-order valence-corrected chi connectivity index (χ0v) is 15.6. The Morgan fingerprint density at radius 3 is 2.70 bits per heavy atom. The number of hydrogen-bond donors (Lipinski definition) is 0. The van der Waals surface area contributed by atoms with Gasteiger partial charge in [0.1, 0.15) is 25.4 Å². The molecule has 0 bridgehead atoms. The topological polar surface area (TPSA) is 84.1 Å². The number of Topliss-reactive ketones (excluding diaryl/α,β-unsaturated/α-hetero) is 1. The molecule has 8 heteroatoms. The summed E-state index contributed by atoms with van der Waals surface area (Å²) < 4.78 is 14.9. The molecule has 0 saturated heterocycles. The van der Waals surface area contributed by atoms with Gasteiger partial charge in [-0.15, -0.1) is 0 Å². The molecule has 3 aromatic rings. The molecule has 27 heavy (non-hydrogen) atoms. The fourth-order valence-corrected chi connectivity index (χ4v) is 3.45. The first-order valence-electron chi connectivity index (χ1n) is 8.88. The number of ketones is 1. The van der Waals surface area contributed by atoms with Gasteiger partial charge in [0.05, 0.1) is 16.9 Å². The molecule has 1 aromatic carbocycles. The van der Waals surface area contributed by atoms with E-state index in [-0.39, 0.29) is 5.78 Å². The van der Waals surface area contributed by atoms with Crippen molar-refractivity contribution in [1.82, 2.24) is 24.5 Å². The number of fused-ring (bicyclic) bond motifs is 1. The van der Waals surface area contributed by atoms with Gasteiger partial charge in [-0.2, -0.15) is 10.2 Å². The second-order valence-electron chi connectivity index (χ2n) is 6.49. The first kappa shape index (κ1) is 17.3. The van der Waals surface area contributed by atoms with E-state index < -0.39 is 0 Å². The average Bonchev–Trinajstić information content (AvgIpc) is 3.23. The first-order valence-corrected chi connectivity index (χ1v) is 8.88. The Balaban J connectivity index is 1.57. The number of aryl methyl sites for hydroxylation is 3. The quantitative estimate of drug-likeness (QED) is 0.644. The minimum absolute atomic E-state index is 0.0377. The second kappa shape index (κ2) is 6.86. The number of ether oxygens (including phenoxy) is 2. The molecule has 0 amide bonds. The molecule has 1 aliphatic rings. The fourth-order valence-electron chi connectivity index (χ4n) is 3.45. The highest BCUT2D eigenvalue weighted by Crippen LogP contribution is 2.32. The maximum absolute atomic E-state index is 11.8. The summed E-state index contributed by atoms with van der Waals surface area (Å²) in [6.45, 7) is 7.06. The Hall–Kier alpha value is -3.16. The number of hydrogen-bond acceptors (Lipinski definition) is 6. The predicted molar refractivity (Wildman–Crippen MR) is 97.8 cm³/mol. The van der Waals surface area contributed by atoms with Crippen LogP contribution in [-0.4, -0.2) is 43.5 Å². The molecule has 0 unspecified atom stereocenters. The van der Waals surface area contributed by atoms with Crippen LogP contribution in [0.25, 0.3) is 5.69 Å². The summed E-state index contributed by atoms with van der Waals surface area (Å²) in [5.74, 6) is 2.30. The van der Waals surface area contributed by atoms with Crippen molar-refractivity contribution < 1.29 is 14.3 Å². The normalized spacial score (nSPS) is 13.0. The average molecular weight is 367 g/mol. The third kappa shape index (κ3) is 3.18. The summed E-state index contributed by atoms with van der Waals surface area (Å²) in [6.07, 6.45) is 2.17. The van der Waals surface area contributed by atoms with E-state index in [2.05, 4.69) is 15.2 Å². The van der Waals surface area contributed by atoms with Gasteiger partial charge in [0.25, 0.3) is 0 Å². The maximum atomic E-state index is 11.8. The van der Waals surface area contributed by atoms with Gasteiger partial charge in [-0.25, -0.2) is 9.67 Å². The molecule has 0 N–H and O–H groups in total. The fraction of sp³-hybridized carbons (Fsp3) is 0.368. The molecule has 3 heterocycles. The van der Waals surface area contributed by atoms with Gasteiger partial charge >= 0.3 is 0 Å². The molecular weight excluding hydrogens is 346 g/mol. The summed E-state index contributed by atoms with van der Waals surface area (Å²) in [6, 6.07) is 5.72. The van der Waals surface area contributed by atoms with Gasteiger partial charge in [0.15, 0.2) is 17.3 Å². The van der Waals surface area contributed by atoms with E-state index >= 15 is 0 Å². The van der Waals surface area contributed by atoms with Crippen molar-refractivity contribution in [1.29, 1.82) is 0 Å². The Morgan fingerprint density at radius 2 is 1.96 bits per heavy atom. The van der Waals surface area contributed by atoms with E-state index in [0.717, 1.165) is 28.6 Å². The molecule has 0 spiro atoms. The Kier molecular flexibility index (Phi) is 4.39. The Labute approximate surface area is 156 Å². The largest absolute Gasteiger partial charge is 0.486 e.